The highest BCUT2D eigenvalue weighted by molar-refractivity contribution is 6.42. The summed E-state index contributed by atoms with van der Waals surface area (Å²) < 4.78 is 5.71. The molecule has 1 unspecified atom stereocenters. The molecule has 1 saturated heterocycles. The average Bonchev–Trinajstić information content (AvgIpc) is 2.66. The normalized spacial score (nSPS) is 16.0. The molecule has 28 heavy (non-hydrogen) atoms. The number of likely N-dealkylation sites (N-methyl/N-ethyl adjacent to an activating group) is 1. The van der Waals surface area contributed by atoms with E-state index in [2.05, 4.69) is 22.2 Å². The number of nitrogens with one attached hydrogen (secondary N) is 1. The smallest absolute Gasteiger partial charge is 0.265 e. The summed E-state index contributed by atoms with van der Waals surface area (Å²) in [6.07, 6.45) is -0.768. The van der Waals surface area contributed by atoms with Gasteiger partial charge in [-0.05, 0) is 44.3 Å². The van der Waals surface area contributed by atoms with Crippen molar-refractivity contribution in [1.82, 2.24) is 4.90 Å². The molecule has 0 aromatic heterocycles. The Bertz CT molecular complexity index is 855. The van der Waals surface area contributed by atoms with E-state index in [1.807, 2.05) is 12.1 Å². The average molecular weight is 443 g/mol. The Balaban J connectivity index is 1.74. The van der Waals surface area contributed by atoms with Gasteiger partial charge in [0.15, 0.2) is 6.10 Å². The molecule has 0 aliphatic carbocycles. The summed E-state index contributed by atoms with van der Waals surface area (Å²) in [6, 6.07) is 10.6. The van der Waals surface area contributed by atoms with E-state index in [9.17, 15) is 4.79 Å². The second-order valence-corrected chi connectivity index (χ2v) is 7.97. The predicted octanol–water partition coefficient (Wildman–Crippen LogP) is 4.80. The van der Waals surface area contributed by atoms with Crippen LogP contribution >= 0.6 is 34.8 Å². The maximum atomic E-state index is 12.7. The number of amides is 1. The number of ether oxygens (including phenoxy) is 1. The quantitative estimate of drug-likeness (QED) is 0.722. The Kier molecular flexibility index (Phi) is 6.94. The minimum atomic E-state index is -0.768. The number of rotatable bonds is 5. The zero-order chi connectivity index (χ0) is 20.3. The van der Waals surface area contributed by atoms with Crippen LogP contribution in [0.2, 0.25) is 15.1 Å². The van der Waals surface area contributed by atoms with Crippen LogP contribution in [0, 0.1) is 0 Å². The lowest BCUT2D eigenvalue weighted by atomic mass is 10.2. The summed E-state index contributed by atoms with van der Waals surface area (Å²) in [5, 5.41) is 4.15. The molecule has 1 fully saturated rings. The minimum Gasteiger partial charge on any atom is -0.479 e. The van der Waals surface area contributed by atoms with Crippen molar-refractivity contribution in [2.75, 3.05) is 43.4 Å². The molecule has 1 atom stereocenters. The van der Waals surface area contributed by atoms with Gasteiger partial charge >= 0.3 is 0 Å². The van der Waals surface area contributed by atoms with E-state index >= 15 is 0 Å². The number of halogens is 3. The summed E-state index contributed by atoms with van der Waals surface area (Å²) in [5.74, 6) is 0.0656. The van der Waals surface area contributed by atoms with Gasteiger partial charge in [-0.25, -0.2) is 0 Å². The SMILES string of the molecule is CC(Oc1cccc(Cl)c1Cl)C(=O)Nc1cc(Cl)ccc1N1CCN(C)CC1. The Morgan fingerprint density at radius 2 is 1.82 bits per heavy atom. The molecule has 8 heteroatoms. The van der Waals surface area contributed by atoms with Crippen molar-refractivity contribution in [3.05, 3.63) is 51.5 Å². The maximum Gasteiger partial charge on any atom is 0.265 e. The molecule has 0 radical (unpaired) electrons. The molecule has 0 spiro atoms. The van der Waals surface area contributed by atoms with Crippen molar-refractivity contribution in [2.24, 2.45) is 0 Å². The lowest BCUT2D eigenvalue weighted by Crippen LogP contribution is -2.44. The Labute approximate surface area is 180 Å². The van der Waals surface area contributed by atoms with Crippen LogP contribution in [0.1, 0.15) is 6.92 Å². The number of carbonyl (C=O) groups is 1. The number of carbonyl (C=O) groups excluding carboxylic acids is 1. The number of hydrogen-bond donors (Lipinski definition) is 1. The third-order valence-corrected chi connectivity index (χ3v) is 5.69. The first-order chi connectivity index (χ1) is 13.3. The summed E-state index contributed by atoms with van der Waals surface area (Å²) in [7, 11) is 2.10. The van der Waals surface area contributed by atoms with Gasteiger partial charge in [0.05, 0.1) is 16.4 Å². The van der Waals surface area contributed by atoms with E-state index in [-0.39, 0.29) is 10.9 Å². The van der Waals surface area contributed by atoms with Gasteiger partial charge in [0.2, 0.25) is 0 Å². The van der Waals surface area contributed by atoms with Crippen LogP contribution in [0.5, 0.6) is 5.75 Å². The lowest BCUT2D eigenvalue weighted by Gasteiger charge is -2.35. The van der Waals surface area contributed by atoms with Crippen LogP contribution in [-0.4, -0.2) is 50.1 Å². The topological polar surface area (TPSA) is 44.8 Å². The second-order valence-electron chi connectivity index (χ2n) is 6.75. The van der Waals surface area contributed by atoms with E-state index < -0.39 is 6.10 Å². The lowest BCUT2D eigenvalue weighted by molar-refractivity contribution is -0.122. The first-order valence-corrected chi connectivity index (χ1v) is 10.1. The molecular weight excluding hydrogens is 421 g/mol. The molecule has 2 aromatic carbocycles. The Hall–Kier alpha value is -1.66. The van der Waals surface area contributed by atoms with E-state index in [1.165, 1.54) is 0 Å². The first-order valence-electron chi connectivity index (χ1n) is 8.99. The van der Waals surface area contributed by atoms with Crippen molar-refractivity contribution in [3.63, 3.8) is 0 Å². The van der Waals surface area contributed by atoms with Crippen molar-refractivity contribution in [3.8, 4) is 5.75 Å². The van der Waals surface area contributed by atoms with Crippen LogP contribution in [-0.2, 0) is 4.79 Å². The van der Waals surface area contributed by atoms with Crippen LogP contribution in [0.25, 0.3) is 0 Å². The van der Waals surface area contributed by atoms with Gasteiger partial charge in [-0.15, -0.1) is 0 Å². The number of anilines is 2. The molecule has 1 aliphatic rings. The Morgan fingerprint density at radius 3 is 2.54 bits per heavy atom. The van der Waals surface area contributed by atoms with Gasteiger partial charge in [-0.2, -0.15) is 0 Å². The molecule has 1 aliphatic heterocycles. The molecule has 1 N–H and O–H groups in total. The number of hydrogen-bond acceptors (Lipinski definition) is 4. The fourth-order valence-electron chi connectivity index (χ4n) is 2.98. The molecule has 3 rings (SSSR count). The molecule has 1 heterocycles. The van der Waals surface area contributed by atoms with E-state index in [1.54, 1.807) is 31.2 Å². The molecule has 2 aromatic rings. The summed E-state index contributed by atoms with van der Waals surface area (Å²) in [4.78, 5) is 17.2. The van der Waals surface area contributed by atoms with E-state index in [0.29, 0.717) is 21.5 Å². The molecule has 0 saturated carbocycles. The zero-order valence-corrected chi connectivity index (χ0v) is 18.0. The fraction of sp³-hybridized carbons (Fsp3) is 0.350. The largest absolute Gasteiger partial charge is 0.479 e. The van der Waals surface area contributed by atoms with Crippen LogP contribution in [0.3, 0.4) is 0 Å². The van der Waals surface area contributed by atoms with Crippen molar-refractivity contribution in [2.45, 2.75) is 13.0 Å². The van der Waals surface area contributed by atoms with Crippen LogP contribution in [0.15, 0.2) is 36.4 Å². The standard InChI is InChI=1S/C20H22Cl3N3O2/c1-13(28-18-5-3-4-15(22)19(18)23)20(27)24-16-12-14(21)6-7-17(16)26-10-8-25(2)9-11-26/h3-7,12-13H,8-11H2,1-2H3,(H,24,27). The fourth-order valence-corrected chi connectivity index (χ4v) is 3.49. The van der Waals surface area contributed by atoms with Gasteiger partial charge in [0.1, 0.15) is 10.8 Å². The van der Waals surface area contributed by atoms with Gasteiger partial charge in [-0.3, -0.25) is 4.79 Å². The van der Waals surface area contributed by atoms with Crippen LogP contribution < -0.4 is 15.0 Å². The van der Waals surface area contributed by atoms with Gasteiger partial charge in [0.25, 0.3) is 5.91 Å². The molecule has 150 valence electrons. The highest BCUT2D eigenvalue weighted by atomic mass is 35.5. The second kappa shape index (κ2) is 9.23. The molecule has 1 amide bonds. The maximum absolute atomic E-state index is 12.7. The third-order valence-electron chi connectivity index (χ3n) is 4.65. The first kappa shape index (κ1) is 21.1. The van der Waals surface area contributed by atoms with E-state index in [4.69, 9.17) is 39.5 Å². The summed E-state index contributed by atoms with van der Waals surface area (Å²) in [6.45, 7) is 5.34. The molecular formula is C20H22Cl3N3O2. The minimum absolute atomic E-state index is 0.282. The number of nitrogens with zero attached hydrogens (tertiary/aromatic N) is 2. The van der Waals surface area contributed by atoms with Crippen molar-refractivity contribution >= 4 is 52.1 Å². The van der Waals surface area contributed by atoms with E-state index in [0.717, 1.165) is 31.9 Å². The predicted molar refractivity (Wildman–Crippen MR) is 116 cm³/mol. The highest BCUT2D eigenvalue weighted by Gasteiger charge is 2.21. The van der Waals surface area contributed by atoms with Gasteiger partial charge < -0.3 is 19.9 Å². The molecule has 5 nitrogen and oxygen atoms in total. The summed E-state index contributed by atoms with van der Waals surface area (Å²) >= 11 is 18.3. The number of benzene rings is 2. The highest BCUT2D eigenvalue weighted by Crippen LogP contribution is 2.33. The number of piperazine rings is 1. The summed E-state index contributed by atoms with van der Waals surface area (Å²) in [5.41, 5.74) is 1.61. The van der Waals surface area contributed by atoms with Crippen molar-refractivity contribution < 1.29 is 9.53 Å². The van der Waals surface area contributed by atoms with Gasteiger partial charge in [0, 0.05) is 31.2 Å². The monoisotopic (exact) mass is 441 g/mol. The zero-order valence-electron chi connectivity index (χ0n) is 15.7. The van der Waals surface area contributed by atoms with Gasteiger partial charge in [-0.1, -0.05) is 40.9 Å². The van der Waals surface area contributed by atoms with Crippen LogP contribution in [0.4, 0.5) is 11.4 Å². The molecule has 0 bridgehead atoms. The third kappa shape index (κ3) is 5.03. The Morgan fingerprint density at radius 1 is 1.11 bits per heavy atom. The van der Waals surface area contributed by atoms with Crippen molar-refractivity contribution in [1.29, 1.82) is 0 Å².